The number of halogens is 6. The van der Waals surface area contributed by atoms with Crippen LogP contribution in [0, 0.1) is 0 Å². The van der Waals surface area contributed by atoms with Gasteiger partial charge in [-0.05, 0) is 0 Å². The Bertz CT molecular complexity index is 453. The van der Waals surface area contributed by atoms with Gasteiger partial charge in [-0.1, -0.05) is 5.16 Å². The van der Waals surface area contributed by atoms with Crippen LogP contribution in [0.4, 0.5) is 26.3 Å². The number of hydrogen-bond acceptors (Lipinski definition) is 5. The van der Waals surface area contributed by atoms with E-state index in [-0.39, 0.29) is 18.9 Å². The van der Waals surface area contributed by atoms with Gasteiger partial charge < -0.3 is 9.26 Å². The Morgan fingerprint density at radius 3 is 2.40 bits per heavy atom. The van der Waals surface area contributed by atoms with E-state index in [0.29, 0.717) is 0 Å². The Balaban J connectivity index is 2.39. The van der Waals surface area contributed by atoms with Crippen molar-refractivity contribution in [3.05, 3.63) is 11.7 Å². The van der Waals surface area contributed by atoms with Gasteiger partial charge in [0.25, 0.3) is 0 Å². The van der Waals surface area contributed by atoms with Crippen LogP contribution in [0.25, 0.3) is 0 Å². The second-order valence-electron chi connectivity index (χ2n) is 3.62. The van der Waals surface area contributed by atoms with E-state index in [9.17, 15) is 31.1 Å². The van der Waals surface area contributed by atoms with E-state index in [2.05, 4.69) is 19.4 Å². The molecular weight excluding hydrogens is 298 g/mol. The molecular formula is C9H8F6N2O3. The summed E-state index contributed by atoms with van der Waals surface area (Å²) < 4.78 is 79.6. The van der Waals surface area contributed by atoms with Crippen LogP contribution >= 0.6 is 0 Å². The first kappa shape index (κ1) is 16.4. The second-order valence-corrected chi connectivity index (χ2v) is 3.62. The summed E-state index contributed by atoms with van der Waals surface area (Å²) in [6.45, 7) is -1.84. The molecule has 0 radical (unpaired) electrons. The third-order valence-corrected chi connectivity index (χ3v) is 1.87. The Morgan fingerprint density at radius 2 is 1.85 bits per heavy atom. The lowest BCUT2D eigenvalue weighted by molar-refractivity contribution is -0.173. The van der Waals surface area contributed by atoms with Gasteiger partial charge >= 0.3 is 12.4 Å². The summed E-state index contributed by atoms with van der Waals surface area (Å²) in [7, 11) is 0. The van der Waals surface area contributed by atoms with E-state index in [0.717, 1.165) is 0 Å². The zero-order valence-electron chi connectivity index (χ0n) is 9.72. The molecule has 0 N–H and O–H groups in total. The molecule has 0 amide bonds. The largest absolute Gasteiger partial charge is 0.450 e. The van der Waals surface area contributed by atoms with Crippen molar-refractivity contribution in [3.63, 3.8) is 0 Å². The minimum Gasteiger partial charge on any atom is -0.372 e. The number of aromatic nitrogens is 2. The van der Waals surface area contributed by atoms with E-state index in [4.69, 9.17) is 0 Å². The van der Waals surface area contributed by atoms with Gasteiger partial charge in [-0.3, -0.25) is 4.79 Å². The number of alkyl halides is 6. The molecule has 1 aromatic rings. The molecule has 1 rings (SSSR count). The molecule has 0 fully saturated rings. The fraction of sp³-hybridized carbons (Fsp3) is 0.667. The van der Waals surface area contributed by atoms with Crippen molar-refractivity contribution in [2.75, 3.05) is 13.2 Å². The average Bonchev–Trinajstić information content (AvgIpc) is 2.69. The molecule has 1 heterocycles. The minimum atomic E-state index is -5.01. The average molecular weight is 306 g/mol. The summed E-state index contributed by atoms with van der Waals surface area (Å²) in [4.78, 5) is 14.0. The molecule has 0 spiro atoms. The maximum atomic E-state index is 11.9. The van der Waals surface area contributed by atoms with Crippen LogP contribution in [0.5, 0.6) is 0 Å². The van der Waals surface area contributed by atoms with Crippen molar-refractivity contribution < 1.29 is 40.4 Å². The van der Waals surface area contributed by atoms with E-state index < -0.39 is 37.1 Å². The van der Waals surface area contributed by atoms with E-state index in [1.165, 1.54) is 0 Å². The first-order valence-corrected chi connectivity index (χ1v) is 5.14. The Labute approximate surface area is 107 Å². The summed E-state index contributed by atoms with van der Waals surface area (Å²) in [5.41, 5.74) is 0. The molecule has 0 unspecified atom stereocenters. The molecule has 0 aromatic carbocycles. The number of Topliss-reactive ketones (excluding diaryl/α,β-unsaturated/α-hetero) is 1. The van der Waals surface area contributed by atoms with Crippen LogP contribution in [0.1, 0.15) is 11.7 Å². The molecule has 0 aliphatic rings. The fourth-order valence-electron chi connectivity index (χ4n) is 1.05. The molecule has 0 aliphatic heterocycles. The van der Waals surface area contributed by atoms with Gasteiger partial charge in [-0.25, -0.2) is 0 Å². The van der Waals surface area contributed by atoms with Crippen LogP contribution in [-0.2, 0) is 22.4 Å². The van der Waals surface area contributed by atoms with Gasteiger partial charge in [0.15, 0.2) is 5.82 Å². The van der Waals surface area contributed by atoms with Crippen molar-refractivity contribution in [1.82, 2.24) is 10.1 Å². The molecule has 11 heteroatoms. The molecule has 20 heavy (non-hydrogen) atoms. The van der Waals surface area contributed by atoms with Gasteiger partial charge in [0.2, 0.25) is 11.7 Å². The number of carbonyl (C=O) groups excluding carboxylic acids is 1. The van der Waals surface area contributed by atoms with Gasteiger partial charge in [0.1, 0.15) is 6.61 Å². The number of rotatable bonds is 6. The molecule has 0 aliphatic carbocycles. The van der Waals surface area contributed by atoms with E-state index in [1.807, 2.05) is 0 Å². The monoisotopic (exact) mass is 306 g/mol. The highest BCUT2D eigenvalue weighted by atomic mass is 19.4. The van der Waals surface area contributed by atoms with E-state index >= 15 is 0 Å². The number of nitrogens with zero attached hydrogens (tertiary/aromatic N) is 2. The predicted octanol–water partition coefficient (Wildman–Crippen LogP) is 1.86. The Morgan fingerprint density at radius 1 is 1.20 bits per heavy atom. The van der Waals surface area contributed by atoms with Crippen LogP contribution in [0.2, 0.25) is 0 Å². The second kappa shape index (κ2) is 6.20. The fourth-order valence-corrected chi connectivity index (χ4v) is 1.05. The van der Waals surface area contributed by atoms with Crippen molar-refractivity contribution in [2.24, 2.45) is 0 Å². The quantitative estimate of drug-likeness (QED) is 0.593. The third-order valence-electron chi connectivity index (χ3n) is 1.87. The lowest BCUT2D eigenvalue weighted by atomic mass is 10.3. The van der Waals surface area contributed by atoms with Crippen molar-refractivity contribution in [3.8, 4) is 0 Å². The lowest BCUT2D eigenvalue weighted by Crippen LogP contribution is -2.24. The highest BCUT2D eigenvalue weighted by Crippen LogP contribution is 2.18. The van der Waals surface area contributed by atoms with Gasteiger partial charge in [0, 0.05) is 6.42 Å². The predicted molar refractivity (Wildman–Crippen MR) is 49.6 cm³/mol. The summed E-state index contributed by atoms with van der Waals surface area (Å²) >= 11 is 0. The first-order valence-electron chi connectivity index (χ1n) is 5.14. The highest BCUT2D eigenvalue weighted by molar-refractivity contribution is 5.85. The number of ketones is 1. The maximum absolute atomic E-state index is 11.9. The van der Waals surface area contributed by atoms with Crippen LogP contribution in [0.15, 0.2) is 4.52 Å². The summed E-state index contributed by atoms with van der Waals surface area (Å²) in [5, 5.41) is 3.22. The zero-order chi connectivity index (χ0) is 15.4. The maximum Gasteiger partial charge on any atom is 0.450 e. The molecule has 0 saturated carbocycles. The Kier molecular flexibility index (Phi) is 5.09. The zero-order valence-corrected chi connectivity index (χ0v) is 9.72. The Hall–Kier alpha value is -1.65. The SMILES string of the molecule is O=C(Cc1nc(CCOCC(F)(F)F)no1)C(F)(F)F. The molecule has 114 valence electrons. The molecule has 1 aromatic heterocycles. The third kappa shape index (κ3) is 5.99. The molecule has 5 nitrogen and oxygen atoms in total. The van der Waals surface area contributed by atoms with Crippen molar-refractivity contribution in [1.29, 1.82) is 0 Å². The van der Waals surface area contributed by atoms with Gasteiger partial charge in [-0.15, -0.1) is 0 Å². The van der Waals surface area contributed by atoms with E-state index in [1.54, 1.807) is 0 Å². The van der Waals surface area contributed by atoms with Gasteiger partial charge in [0.05, 0.1) is 13.0 Å². The highest BCUT2D eigenvalue weighted by Gasteiger charge is 2.39. The van der Waals surface area contributed by atoms with Gasteiger partial charge in [-0.2, -0.15) is 31.3 Å². The summed E-state index contributed by atoms with van der Waals surface area (Å²) in [6, 6.07) is 0. The van der Waals surface area contributed by atoms with Crippen LogP contribution < -0.4 is 0 Å². The summed E-state index contributed by atoms with van der Waals surface area (Å²) in [5.74, 6) is -2.75. The molecule has 0 atom stereocenters. The topological polar surface area (TPSA) is 65.2 Å². The van der Waals surface area contributed by atoms with Crippen LogP contribution in [-0.4, -0.2) is 41.5 Å². The summed E-state index contributed by atoms with van der Waals surface area (Å²) in [6.07, 6.45) is -10.8. The standard InChI is InChI=1S/C9H8F6N2O3/c10-8(11,12)4-19-2-1-6-16-7(20-17-6)3-5(18)9(13,14)15/h1-4H2. The van der Waals surface area contributed by atoms with Crippen molar-refractivity contribution in [2.45, 2.75) is 25.2 Å². The smallest absolute Gasteiger partial charge is 0.372 e. The normalized spacial score (nSPS) is 12.7. The van der Waals surface area contributed by atoms with Crippen molar-refractivity contribution >= 4 is 5.78 Å². The van der Waals surface area contributed by atoms with Crippen LogP contribution in [0.3, 0.4) is 0 Å². The first-order chi connectivity index (χ1) is 9.08. The number of hydrogen-bond donors (Lipinski definition) is 0. The lowest BCUT2D eigenvalue weighted by Gasteiger charge is -2.05. The molecule has 0 saturated heterocycles. The minimum absolute atomic E-state index is 0.142. The number of ether oxygens (including phenoxy) is 1. The number of carbonyl (C=O) groups is 1. The molecule has 0 bridgehead atoms.